The Kier molecular flexibility index (Phi) is 3.59. The third kappa shape index (κ3) is 2.40. The lowest BCUT2D eigenvalue weighted by molar-refractivity contribution is 0.304. The van der Waals surface area contributed by atoms with Crippen molar-refractivity contribution in [3.05, 3.63) is 34.7 Å². The van der Waals surface area contributed by atoms with Gasteiger partial charge in [-0.05, 0) is 28.1 Å². The highest BCUT2D eigenvalue weighted by molar-refractivity contribution is 9.10. The van der Waals surface area contributed by atoms with E-state index in [4.69, 9.17) is 5.11 Å². The maximum atomic E-state index is 13.3. The minimum atomic E-state index is -0.295. The van der Waals surface area contributed by atoms with E-state index in [1.165, 1.54) is 12.1 Å². The second-order valence-corrected chi connectivity index (χ2v) is 4.62. The van der Waals surface area contributed by atoms with E-state index in [1.807, 2.05) is 7.05 Å². The van der Waals surface area contributed by atoms with Crippen LogP contribution in [0.5, 0.6) is 0 Å². The lowest BCUT2D eigenvalue weighted by atomic mass is 10.1. The summed E-state index contributed by atoms with van der Waals surface area (Å²) in [6, 6.07) is 4.59. The van der Waals surface area contributed by atoms with E-state index in [1.54, 1.807) is 17.2 Å². The second kappa shape index (κ2) is 4.98. The van der Waals surface area contributed by atoms with Crippen LogP contribution in [0, 0.1) is 5.82 Å². The molecular weight excluding hydrogens is 287 g/mol. The molecule has 0 aliphatic heterocycles. The van der Waals surface area contributed by atoms with Crippen LogP contribution >= 0.6 is 15.9 Å². The van der Waals surface area contributed by atoms with Gasteiger partial charge in [-0.3, -0.25) is 0 Å². The summed E-state index contributed by atoms with van der Waals surface area (Å²) >= 11 is 3.39. The Morgan fingerprint density at radius 1 is 1.41 bits per heavy atom. The van der Waals surface area contributed by atoms with Gasteiger partial charge in [0.15, 0.2) is 0 Å². The fraction of sp³-hybridized carbons (Fsp3) is 0.250. The average Bonchev–Trinajstić information content (AvgIpc) is 2.29. The van der Waals surface area contributed by atoms with Gasteiger partial charge in [-0.25, -0.2) is 9.37 Å². The first kappa shape index (κ1) is 12.3. The summed E-state index contributed by atoms with van der Waals surface area (Å²) in [5.41, 5.74) is 0. The van der Waals surface area contributed by atoms with Crippen molar-refractivity contribution in [2.75, 3.05) is 25.1 Å². The molecule has 1 aromatic heterocycles. The van der Waals surface area contributed by atoms with Crippen molar-refractivity contribution in [1.82, 2.24) is 4.98 Å². The van der Waals surface area contributed by atoms with E-state index in [0.717, 1.165) is 15.2 Å². The third-order valence-electron chi connectivity index (χ3n) is 2.58. The van der Waals surface area contributed by atoms with Gasteiger partial charge >= 0.3 is 0 Å². The molecule has 0 saturated carbocycles. The normalized spacial score (nSPS) is 10.8. The molecule has 0 radical (unpaired) electrons. The minimum absolute atomic E-state index is 0.0328. The van der Waals surface area contributed by atoms with Crippen LogP contribution in [0.3, 0.4) is 0 Å². The zero-order valence-corrected chi connectivity index (χ0v) is 10.9. The van der Waals surface area contributed by atoms with Gasteiger partial charge in [0.2, 0.25) is 0 Å². The van der Waals surface area contributed by atoms with Crippen LogP contribution in [0.4, 0.5) is 10.2 Å². The lowest BCUT2D eigenvalue weighted by Gasteiger charge is -2.19. The maximum absolute atomic E-state index is 13.3. The molecule has 17 heavy (non-hydrogen) atoms. The number of benzene rings is 1. The Balaban J connectivity index is 2.63. The first-order valence-electron chi connectivity index (χ1n) is 5.19. The van der Waals surface area contributed by atoms with Gasteiger partial charge in [-0.2, -0.15) is 0 Å². The number of aliphatic hydroxyl groups is 1. The quantitative estimate of drug-likeness (QED) is 0.946. The molecule has 1 heterocycles. The summed E-state index contributed by atoms with van der Waals surface area (Å²) in [5, 5.41) is 10.6. The first-order valence-corrected chi connectivity index (χ1v) is 5.98. The number of hydrogen-bond acceptors (Lipinski definition) is 3. The number of fused-ring (bicyclic) bond motifs is 1. The van der Waals surface area contributed by atoms with Crippen molar-refractivity contribution < 1.29 is 9.50 Å². The standard InChI is InChI=1S/C12H12BrFN2O/c1-16(4-5-17)12-10-6-8(14)2-3-9(10)11(13)7-15-12/h2-3,6-7,17H,4-5H2,1H3. The van der Waals surface area contributed by atoms with Gasteiger partial charge in [0, 0.05) is 35.0 Å². The number of aromatic nitrogens is 1. The Morgan fingerprint density at radius 3 is 2.88 bits per heavy atom. The SMILES string of the molecule is CN(CCO)c1ncc(Br)c2ccc(F)cc12. The molecule has 0 unspecified atom stereocenters. The topological polar surface area (TPSA) is 36.4 Å². The molecule has 1 N–H and O–H groups in total. The molecule has 0 bridgehead atoms. The van der Waals surface area contributed by atoms with Crippen molar-refractivity contribution in [1.29, 1.82) is 0 Å². The second-order valence-electron chi connectivity index (χ2n) is 3.76. The van der Waals surface area contributed by atoms with E-state index in [2.05, 4.69) is 20.9 Å². The predicted molar refractivity (Wildman–Crippen MR) is 69.8 cm³/mol. The molecule has 2 aromatic rings. The first-order chi connectivity index (χ1) is 8.13. The lowest BCUT2D eigenvalue weighted by Crippen LogP contribution is -2.22. The van der Waals surface area contributed by atoms with Gasteiger partial charge in [0.05, 0.1) is 6.61 Å². The molecule has 0 aliphatic rings. The Labute approximate surface area is 107 Å². The van der Waals surface area contributed by atoms with Crippen LogP contribution in [0.25, 0.3) is 10.8 Å². The van der Waals surface area contributed by atoms with E-state index < -0.39 is 0 Å². The summed E-state index contributed by atoms with van der Waals surface area (Å²) in [6.45, 7) is 0.491. The number of hydrogen-bond donors (Lipinski definition) is 1. The Bertz CT molecular complexity index is 547. The zero-order chi connectivity index (χ0) is 12.4. The fourth-order valence-electron chi connectivity index (χ4n) is 1.73. The van der Waals surface area contributed by atoms with E-state index in [0.29, 0.717) is 12.4 Å². The molecule has 5 heteroatoms. The Hall–Kier alpha value is -1.20. The molecular formula is C12H12BrFN2O. The van der Waals surface area contributed by atoms with Crippen LogP contribution < -0.4 is 4.90 Å². The van der Waals surface area contributed by atoms with Gasteiger partial charge in [0.25, 0.3) is 0 Å². The van der Waals surface area contributed by atoms with Crippen molar-refractivity contribution in [2.45, 2.75) is 0 Å². The number of rotatable bonds is 3. The molecule has 0 atom stereocenters. The third-order valence-corrected chi connectivity index (χ3v) is 3.21. The highest BCUT2D eigenvalue weighted by atomic mass is 79.9. The highest BCUT2D eigenvalue weighted by Crippen LogP contribution is 2.30. The zero-order valence-electron chi connectivity index (χ0n) is 9.32. The Morgan fingerprint density at radius 2 is 2.18 bits per heavy atom. The molecule has 0 fully saturated rings. The predicted octanol–water partition coefficient (Wildman–Crippen LogP) is 2.56. The monoisotopic (exact) mass is 298 g/mol. The van der Waals surface area contributed by atoms with E-state index >= 15 is 0 Å². The molecule has 90 valence electrons. The minimum Gasteiger partial charge on any atom is -0.395 e. The molecule has 0 spiro atoms. The summed E-state index contributed by atoms with van der Waals surface area (Å²) < 4.78 is 14.1. The highest BCUT2D eigenvalue weighted by Gasteiger charge is 2.10. The number of likely N-dealkylation sites (N-methyl/N-ethyl adjacent to an activating group) is 1. The molecule has 3 nitrogen and oxygen atoms in total. The number of halogens is 2. The van der Waals surface area contributed by atoms with Crippen molar-refractivity contribution in [2.24, 2.45) is 0 Å². The van der Waals surface area contributed by atoms with Crippen LogP contribution in [0.15, 0.2) is 28.9 Å². The van der Waals surface area contributed by atoms with E-state index in [-0.39, 0.29) is 12.4 Å². The summed E-state index contributed by atoms with van der Waals surface area (Å²) in [5.74, 6) is 0.368. The summed E-state index contributed by atoms with van der Waals surface area (Å²) in [7, 11) is 1.82. The number of nitrogens with zero attached hydrogens (tertiary/aromatic N) is 2. The smallest absolute Gasteiger partial charge is 0.136 e. The maximum Gasteiger partial charge on any atom is 0.136 e. The molecule has 1 aromatic carbocycles. The van der Waals surface area contributed by atoms with Crippen molar-refractivity contribution in [3.8, 4) is 0 Å². The molecule has 0 saturated heterocycles. The average molecular weight is 299 g/mol. The fourth-order valence-corrected chi connectivity index (χ4v) is 2.17. The summed E-state index contributed by atoms with van der Waals surface area (Å²) in [4.78, 5) is 6.07. The van der Waals surface area contributed by atoms with E-state index in [9.17, 15) is 4.39 Å². The molecule has 0 amide bonds. The van der Waals surface area contributed by atoms with Crippen LogP contribution in [0.2, 0.25) is 0 Å². The number of aliphatic hydroxyl groups excluding tert-OH is 1. The van der Waals surface area contributed by atoms with Crippen LogP contribution in [0.1, 0.15) is 0 Å². The molecule has 2 rings (SSSR count). The number of pyridine rings is 1. The van der Waals surface area contributed by atoms with Gasteiger partial charge in [0.1, 0.15) is 11.6 Å². The van der Waals surface area contributed by atoms with Crippen LogP contribution in [-0.4, -0.2) is 30.3 Å². The van der Waals surface area contributed by atoms with Gasteiger partial charge < -0.3 is 10.0 Å². The van der Waals surface area contributed by atoms with Crippen molar-refractivity contribution in [3.63, 3.8) is 0 Å². The summed E-state index contributed by atoms with van der Waals surface area (Å²) in [6.07, 6.45) is 1.68. The van der Waals surface area contributed by atoms with Crippen LogP contribution in [-0.2, 0) is 0 Å². The number of anilines is 1. The largest absolute Gasteiger partial charge is 0.395 e. The van der Waals surface area contributed by atoms with Gasteiger partial charge in [-0.15, -0.1) is 0 Å². The molecule has 0 aliphatic carbocycles. The van der Waals surface area contributed by atoms with Gasteiger partial charge in [-0.1, -0.05) is 6.07 Å². The van der Waals surface area contributed by atoms with Crippen molar-refractivity contribution >= 4 is 32.5 Å².